The molecule has 1 saturated carbocycles. The molecule has 1 amide bonds. The third kappa shape index (κ3) is 3.92. The largest absolute Gasteiger partial charge is 0.273 e. The van der Waals surface area contributed by atoms with Gasteiger partial charge in [0.05, 0.1) is 10.0 Å². The minimum absolute atomic E-state index is 0.0663. The van der Waals surface area contributed by atoms with Crippen LogP contribution in [0.4, 0.5) is 0 Å². The van der Waals surface area contributed by atoms with Gasteiger partial charge in [0.2, 0.25) is 5.91 Å². The van der Waals surface area contributed by atoms with E-state index in [0.717, 1.165) is 21.5 Å². The van der Waals surface area contributed by atoms with Crippen molar-refractivity contribution in [1.29, 1.82) is 0 Å². The summed E-state index contributed by atoms with van der Waals surface area (Å²) in [6.07, 6.45) is 7.30. The van der Waals surface area contributed by atoms with Crippen LogP contribution < -0.4 is 5.43 Å². The highest BCUT2D eigenvalue weighted by atomic mass is 79.9. The molecule has 1 aliphatic carbocycles. The van der Waals surface area contributed by atoms with Crippen LogP contribution in [0, 0.1) is 5.92 Å². The summed E-state index contributed by atoms with van der Waals surface area (Å²) in [5.41, 5.74) is 2.63. The van der Waals surface area contributed by atoms with Gasteiger partial charge in [0.1, 0.15) is 0 Å². The zero-order valence-corrected chi connectivity index (χ0v) is 11.9. The van der Waals surface area contributed by atoms with Gasteiger partial charge in [-0.1, -0.05) is 19.3 Å². The van der Waals surface area contributed by atoms with Gasteiger partial charge in [0.25, 0.3) is 0 Å². The maximum atomic E-state index is 11.8. The molecule has 1 N–H and O–H groups in total. The number of halogens is 1. The quantitative estimate of drug-likeness (QED) is 0.673. The fourth-order valence-corrected chi connectivity index (χ4v) is 3.31. The van der Waals surface area contributed by atoms with Crippen molar-refractivity contribution < 1.29 is 4.79 Å². The van der Waals surface area contributed by atoms with Crippen LogP contribution in [-0.2, 0) is 4.79 Å². The molecule has 3 nitrogen and oxygen atoms in total. The van der Waals surface area contributed by atoms with Crippen molar-refractivity contribution >= 4 is 39.4 Å². The molecule has 1 aliphatic rings. The van der Waals surface area contributed by atoms with Gasteiger partial charge >= 0.3 is 0 Å². The average molecular weight is 315 g/mol. The topological polar surface area (TPSA) is 41.5 Å². The maximum absolute atomic E-state index is 11.8. The monoisotopic (exact) mass is 314 g/mol. The predicted molar refractivity (Wildman–Crippen MR) is 74.3 cm³/mol. The van der Waals surface area contributed by atoms with Gasteiger partial charge in [-0.3, -0.25) is 4.79 Å². The lowest BCUT2D eigenvalue weighted by atomic mass is 9.89. The van der Waals surface area contributed by atoms with Gasteiger partial charge in [0.15, 0.2) is 0 Å². The first-order valence-corrected chi connectivity index (χ1v) is 7.45. The molecular weight excluding hydrogens is 300 g/mol. The highest BCUT2D eigenvalue weighted by Gasteiger charge is 2.20. The Labute approximate surface area is 113 Å². The zero-order chi connectivity index (χ0) is 12.1. The predicted octanol–water partition coefficient (Wildman–Crippen LogP) is 3.54. The lowest BCUT2D eigenvalue weighted by molar-refractivity contribution is -0.125. The summed E-state index contributed by atoms with van der Waals surface area (Å²) < 4.78 is 1.07. The molecule has 1 aromatic rings. The highest BCUT2D eigenvalue weighted by Crippen LogP contribution is 2.23. The second-order valence-electron chi connectivity index (χ2n) is 4.21. The minimum Gasteiger partial charge on any atom is -0.273 e. The summed E-state index contributed by atoms with van der Waals surface area (Å²) in [6, 6.07) is 3.93. The van der Waals surface area contributed by atoms with E-state index in [1.165, 1.54) is 19.3 Å². The second kappa shape index (κ2) is 6.31. The van der Waals surface area contributed by atoms with Crippen molar-refractivity contribution in [3.05, 3.63) is 20.8 Å². The Kier molecular flexibility index (Phi) is 4.74. The van der Waals surface area contributed by atoms with E-state index in [0.29, 0.717) is 0 Å². The van der Waals surface area contributed by atoms with Crippen molar-refractivity contribution in [1.82, 2.24) is 5.43 Å². The van der Waals surface area contributed by atoms with Crippen LogP contribution in [-0.4, -0.2) is 12.1 Å². The summed E-state index contributed by atoms with van der Waals surface area (Å²) in [6.45, 7) is 0. The first-order valence-electron chi connectivity index (χ1n) is 5.84. The molecule has 0 spiro atoms. The van der Waals surface area contributed by atoms with Crippen LogP contribution in [0.3, 0.4) is 0 Å². The number of thiophene rings is 1. The van der Waals surface area contributed by atoms with Crippen LogP contribution in [0.2, 0.25) is 0 Å². The Hall–Kier alpha value is -0.680. The number of rotatable bonds is 3. The number of carbonyl (C=O) groups excluding carboxylic acids is 1. The van der Waals surface area contributed by atoms with Crippen LogP contribution in [0.15, 0.2) is 21.0 Å². The minimum atomic E-state index is 0.0663. The molecule has 5 heteroatoms. The Morgan fingerprint density at radius 1 is 1.41 bits per heavy atom. The summed E-state index contributed by atoms with van der Waals surface area (Å²) in [7, 11) is 0. The first kappa shape index (κ1) is 12.8. The molecule has 0 unspecified atom stereocenters. The molecule has 1 fully saturated rings. The maximum Gasteiger partial charge on any atom is 0.243 e. The van der Waals surface area contributed by atoms with Gasteiger partial charge in [-0.15, -0.1) is 11.3 Å². The Morgan fingerprint density at radius 3 is 2.82 bits per heavy atom. The average Bonchev–Trinajstić information content (AvgIpc) is 2.76. The van der Waals surface area contributed by atoms with Crippen molar-refractivity contribution in [3.8, 4) is 0 Å². The Bertz CT molecular complexity index is 410. The fraction of sp³-hybridized carbons (Fsp3) is 0.500. The Morgan fingerprint density at radius 2 is 2.18 bits per heavy atom. The molecule has 0 aromatic carbocycles. The van der Waals surface area contributed by atoms with E-state index >= 15 is 0 Å². The molecule has 0 bridgehead atoms. The van der Waals surface area contributed by atoms with E-state index in [2.05, 4.69) is 26.5 Å². The first-order chi connectivity index (χ1) is 8.25. The van der Waals surface area contributed by atoms with Crippen molar-refractivity contribution in [2.45, 2.75) is 32.1 Å². The van der Waals surface area contributed by atoms with Gasteiger partial charge in [-0.25, -0.2) is 5.43 Å². The van der Waals surface area contributed by atoms with Crippen molar-refractivity contribution in [2.75, 3.05) is 0 Å². The van der Waals surface area contributed by atoms with Crippen LogP contribution in [0.25, 0.3) is 0 Å². The number of hydrogen-bond acceptors (Lipinski definition) is 3. The normalized spacial score (nSPS) is 17.5. The summed E-state index contributed by atoms with van der Waals surface area (Å²) in [5, 5.41) is 4.00. The van der Waals surface area contributed by atoms with E-state index in [-0.39, 0.29) is 11.8 Å². The molecular formula is C12H15BrN2OS. The third-order valence-electron chi connectivity index (χ3n) is 2.94. The third-order valence-corrected chi connectivity index (χ3v) is 4.49. The number of hydrogen-bond donors (Lipinski definition) is 1. The molecule has 1 aromatic heterocycles. The summed E-state index contributed by atoms with van der Waals surface area (Å²) >= 11 is 4.98. The van der Waals surface area contributed by atoms with Gasteiger partial charge in [-0.2, -0.15) is 5.10 Å². The van der Waals surface area contributed by atoms with Crippen LogP contribution in [0.5, 0.6) is 0 Å². The van der Waals surface area contributed by atoms with Crippen molar-refractivity contribution in [2.24, 2.45) is 11.0 Å². The zero-order valence-electron chi connectivity index (χ0n) is 9.49. The molecule has 0 atom stereocenters. The van der Waals surface area contributed by atoms with Crippen LogP contribution in [0.1, 0.15) is 37.0 Å². The molecule has 0 saturated heterocycles. The lowest BCUT2D eigenvalue weighted by Crippen LogP contribution is -2.28. The fourth-order valence-electron chi connectivity index (χ4n) is 2.01. The highest BCUT2D eigenvalue weighted by molar-refractivity contribution is 9.11. The van der Waals surface area contributed by atoms with E-state index < -0.39 is 0 Å². The van der Waals surface area contributed by atoms with Gasteiger partial charge in [-0.05, 0) is 40.9 Å². The number of nitrogens with one attached hydrogen (secondary N) is 1. The summed E-state index contributed by atoms with van der Waals surface area (Å²) in [4.78, 5) is 12.8. The van der Waals surface area contributed by atoms with Crippen LogP contribution >= 0.6 is 27.3 Å². The number of carbonyl (C=O) groups is 1. The molecule has 92 valence electrons. The van der Waals surface area contributed by atoms with E-state index in [4.69, 9.17) is 0 Å². The van der Waals surface area contributed by atoms with E-state index in [1.54, 1.807) is 17.6 Å². The molecule has 1 heterocycles. The van der Waals surface area contributed by atoms with Gasteiger partial charge in [0, 0.05) is 10.8 Å². The molecule has 17 heavy (non-hydrogen) atoms. The number of amides is 1. The number of nitrogens with zero attached hydrogens (tertiary/aromatic N) is 1. The standard InChI is InChI=1S/C12H15BrN2OS/c13-11-7-6-10(17-11)8-14-15-12(16)9-4-2-1-3-5-9/h6-9H,1-5H2,(H,15,16)/b14-8+. The molecule has 0 radical (unpaired) electrons. The second-order valence-corrected chi connectivity index (χ2v) is 6.71. The number of hydrazone groups is 1. The smallest absolute Gasteiger partial charge is 0.243 e. The van der Waals surface area contributed by atoms with Crippen molar-refractivity contribution in [3.63, 3.8) is 0 Å². The summed E-state index contributed by atoms with van der Waals surface area (Å²) in [5.74, 6) is 0.229. The Balaban J connectivity index is 1.81. The van der Waals surface area contributed by atoms with E-state index in [9.17, 15) is 4.79 Å². The SMILES string of the molecule is O=C(N/N=C/c1ccc(Br)s1)C1CCCCC1. The lowest BCUT2D eigenvalue weighted by Gasteiger charge is -2.19. The molecule has 2 rings (SSSR count). The van der Waals surface area contributed by atoms with Gasteiger partial charge < -0.3 is 0 Å². The molecule has 0 aliphatic heterocycles. The van der Waals surface area contributed by atoms with E-state index in [1.807, 2.05) is 12.1 Å².